The van der Waals surface area contributed by atoms with Crippen LogP contribution in [-0.4, -0.2) is 22.1 Å². The van der Waals surface area contributed by atoms with Crippen LogP contribution in [0.25, 0.3) is 0 Å². The molecule has 3 rings (SSSR count). The highest BCUT2D eigenvalue weighted by atomic mass is 16.6. The van der Waals surface area contributed by atoms with Gasteiger partial charge in [0.2, 0.25) is 5.75 Å². The van der Waals surface area contributed by atoms with Crippen molar-refractivity contribution in [2.75, 3.05) is 4.90 Å². The molecule has 0 spiro atoms. The van der Waals surface area contributed by atoms with E-state index in [0.717, 1.165) is 18.2 Å². The summed E-state index contributed by atoms with van der Waals surface area (Å²) in [5.41, 5.74) is 0.107. The smallest absolute Gasteiger partial charge is 0.424 e. The van der Waals surface area contributed by atoms with Crippen molar-refractivity contribution in [3.8, 4) is 5.75 Å². The zero-order valence-corrected chi connectivity index (χ0v) is 14.4. The molecule has 0 aromatic heterocycles. The van der Waals surface area contributed by atoms with Crippen LogP contribution >= 0.6 is 0 Å². The minimum absolute atomic E-state index is 0.283. The number of para-hydroxylation sites is 2. The van der Waals surface area contributed by atoms with Gasteiger partial charge in [-0.05, 0) is 36.4 Å². The lowest BCUT2D eigenvalue weighted by molar-refractivity contribution is -0.385. The monoisotopic (exact) mass is 378 g/mol. The maximum Gasteiger partial charge on any atom is 0.424 e. The van der Waals surface area contributed by atoms with Crippen LogP contribution in [0.5, 0.6) is 5.75 Å². The molecule has 3 aromatic carbocycles. The van der Waals surface area contributed by atoms with Crippen LogP contribution in [0, 0.1) is 10.1 Å². The van der Waals surface area contributed by atoms with Gasteiger partial charge in [0, 0.05) is 6.07 Å². The van der Waals surface area contributed by atoms with Gasteiger partial charge in [0.25, 0.3) is 0 Å². The molecule has 0 aliphatic heterocycles. The first-order chi connectivity index (χ1) is 13.5. The van der Waals surface area contributed by atoms with Crippen molar-refractivity contribution in [2.45, 2.75) is 0 Å². The fourth-order valence-corrected chi connectivity index (χ4v) is 2.53. The summed E-state index contributed by atoms with van der Waals surface area (Å²) in [7, 11) is 0. The zero-order valence-electron chi connectivity index (χ0n) is 14.4. The Hall–Kier alpha value is -4.20. The predicted octanol–water partition coefficient (Wildman–Crippen LogP) is 4.63. The van der Waals surface area contributed by atoms with Gasteiger partial charge in [-0.1, -0.05) is 36.4 Å². The third kappa shape index (κ3) is 3.96. The van der Waals surface area contributed by atoms with E-state index in [1.165, 1.54) is 4.90 Å². The molecule has 0 bridgehead atoms. The molecule has 8 nitrogen and oxygen atoms in total. The number of carboxylic acid groups (broad SMARTS) is 1. The summed E-state index contributed by atoms with van der Waals surface area (Å²) < 4.78 is 5.26. The number of rotatable bonds is 5. The lowest BCUT2D eigenvalue weighted by Gasteiger charge is -2.22. The highest BCUT2D eigenvalue weighted by Crippen LogP contribution is 2.31. The second-order valence-corrected chi connectivity index (χ2v) is 5.62. The molecule has 0 radical (unpaired) electrons. The number of hydrogen-bond donors (Lipinski definition) is 1. The number of nitro benzene ring substituents is 1. The first-order valence-corrected chi connectivity index (χ1v) is 8.11. The van der Waals surface area contributed by atoms with Gasteiger partial charge in [0.1, 0.15) is 0 Å². The second-order valence-electron chi connectivity index (χ2n) is 5.62. The van der Waals surface area contributed by atoms with E-state index in [4.69, 9.17) is 9.84 Å². The van der Waals surface area contributed by atoms with Crippen LogP contribution in [0.2, 0.25) is 0 Å². The maximum atomic E-state index is 12.9. The van der Waals surface area contributed by atoms with Gasteiger partial charge >= 0.3 is 17.7 Å². The van der Waals surface area contributed by atoms with Crippen LogP contribution in [0.3, 0.4) is 0 Å². The van der Waals surface area contributed by atoms with Crippen LogP contribution in [0.15, 0.2) is 78.9 Å². The molecular formula is C20H14N2O6. The molecule has 8 heteroatoms. The highest BCUT2D eigenvalue weighted by molar-refractivity contribution is 5.97. The lowest BCUT2D eigenvalue weighted by atomic mass is 10.2. The van der Waals surface area contributed by atoms with Gasteiger partial charge in [-0.2, -0.15) is 0 Å². The molecule has 0 fully saturated rings. The summed E-state index contributed by atoms with van der Waals surface area (Å²) in [6, 6.07) is 20.4. The summed E-state index contributed by atoms with van der Waals surface area (Å²) in [5, 5.41) is 20.3. The number of carbonyl (C=O) groups excluding carboxylic acids is 1. The quantitative estimate of drug-likeness (QED) is 0.512. The Balaban J connectivity index is 1.99. The summed E-state index contributed by atoms with van der Waals surface area (Å²) in [6.45, 7) is 0. The molecule has 3 aromatic rings. The number of carbonyl (C=O) groups is 2. The van der Waals surface area contributed by atoms with E-state index in [-0.39, 0.29) is 11.3 Å². The molecule has 28 heavy (non-hydrogen) atoms. The van der Waals surface area contributed by atoms with Gasteiger partial charge in [-0.3, -0.25) is 10.1 Å². The predicted molar refractivity (Wildman–Crippen MR) is 101 cm³/mol. The average Bonchev–Trinajstić information content (AvgIpc) is 2.69. The molecule has 1 amide bonds. The van der Waals surface area contributed by atoms with E-state index in [1.54, 1.807) is 60.7 Å². The largest absolute Gasteiger partial charge is 0.478 e. The SMILES string of the molecule is O=C(O)c1ccc(OC(=O)N(c2ccccc2)c2ccccc2)c([N+](=O)[O-])c1. The maximum absolute atomic E-state index is 12.9. The Morgan fingerprint density at radius 2 is 1.43 bits per heavy atom. The fourth-order valence-electron chi connectivity index (χ4n) is 2.53. The van der Waals surface area contributed by atoms with E-state index in [9.17, 15) is 19.7 Å². The topological polar surface area (TPSA) is 110 Å². The van der Waals surface area contributed by atoms with Gasteiger partial charge in [0.05, 0.1) is 21.9 Å². The third-order valence-electron chi connectivity index (χ3n) is 3.81. The Morgan fingerprint density at radius 3 is 1.89 bits per heavy atom. The minimum Gasteiger partial charge on any atom is -0.478 e. The van der Waals surface area contributed by atoms with Crippen molar-refractivity contribution in [3.63, 3.8) is 0 Å². The van der Waals surface area contributed by atoms with E-state index in [2.05, 4.69) is 0 Å². The minimum atomic E-state index is -1.32. The lowest BCUT2D eigenvalue weighted by Crippen LogP contribution is -2.29. The number of nitrogens with zero attached hydrogens (tertiary/aromatic N) is 2. The van der Waals surface area contributed by atoms with Crippen molar-refractivity contribution in [1.82, 2.24) is 0 Å². The van der Waals surface area contributed by atoms with Gasteiger partial charge in [-0.15, -0.1) is 0 Å². The van der Waals surface area contributed by atoms with Crippen LogP contribution in [0.4, 0.5) is 21.9 Å². The fraction of sp³-hybridized carbons (Fsp3) is 0. The van der Waals surface area contributed by atoms with Crippen molar-refractivity contribution < 1.29 is 24.4 Å². The van der Waals surface area contributed by atoms with E-state index in [0.29, 0.717) is 11.4 Å². The Bertz CT molecular complexity index is 982. The van der Waals surface area contributed by atoms with Crippen LogP contribution in [-0.2, 0) is 0 Å². The number of ether oxygens (including phenoxy) is 1. The standard InChI is InChI=1S/C20H14N2O6/c23-19(24)14-11-12-18(17(13-14)22(26)27)28-20(25)21(15-7-3-1-4-8-15)16-9-5-2-6-10-16/h1-13H,(H,23,24). The number of carboxylic acids is 1. The number of hydrogen-bond acceptors (Lipinski definition) is 5. The van der Waals surface area contributed by atoms with Gasteiger partial charge in [-0.25, -0.2) is 14.5 Å². The molecule has 0 aliphatic rings. The number of amides is 1. The molecule has 0 saturated carbocycles. The van der Waals surface area contributed by atoms with Crippen molar-refractivity contribution in [2.24, 2.45) is 0 Å². The molecule has 0 unspecified atom stereocenters. The van der Waals surface area contributed by atoms with Crippen molar-refractivity contribution in [1.29, 1.82) is 0 Å². The third-order valence-corrected chi connectivity index (χ3v) is 3.81. The zero-order chi connectivity index (χ0) is 20.1. The van der Waals surface area contributed by atoms with Crippen molar-refractivity contribution in [3.05, 3.63) is 94.5 Å². The van der Waals surface area contributed by atoms with Crippen molar-refractivity contribution >= 4 is 29.1 Å². The summed E-state index contributed by atoms with van der Waals surface area (Å²) in [6.07, 6.45) is -0.872. The molecule has 0 saturated heterocycles. The summed E-state index contributed by atoms with van der Waals surface area (Å²) >= 11 is 0. The Morgan fingerprint density at radius 1 is 0.893 bits per heavy atom. The van der Waals surface area contributed by atoms with E-state index < -0.39 is 22.7 Å². The average molecular weight is 378 g/mol. The molecule has 0 atom stereocenters. The van der Waals surface area contributed by atoms with Crippen LogP contribution < -0.4 is 9.64 Å². The molecule has 0 aliphatic carbocycles. The summed E-state index contributed by atoms with van der Waals surface area (Å²) in [4.78, 5) is 35.7. The number of anilines is 2. The molecule has 1 N–H and O–H groups in total. The Labute approximate surface area is 159 Å². The Kier molecular flexibility index (Phi) is 5.31. The molecule has 0 heterocycles. The highest BCUT2D eigenvalue weighted by Gasteiger charge is 2.25. The first kappa shape index (κ1) is 18.6. The number of nitro groups is 1. The van der Waals surface area contributed by atoms with Crippen LogP contribution in [0.1, 0.15) is 10.4 Å². The normalized spacial score (nSPS) is 10.1. The van der Waals surface area contributed by atoms with E-state index >= 15 is 0 Å². The second kappa shape index (κ2) is 8.00. The van der Waals surface area contributed by atoms with E-state index in [1.807, 2.05) is 0 Å². The van der Waals surface area contributed by atoms with Gasteiger partial charge < -0.3 is 9.84 Å². The van der Waals surface area contributed by atoms with Gasteiger partial charge in [0.15, 0.2) is 0 Å². The molecular weight excluding hydrogens is 364 g/mol. The number of aromatic carboxylic acids is 1. The summed E-state index contributed by atoms with van der Waals surface area (Å²) in [5.74, 6) is -1.67. The first-order valence-electron chi connectivity index (χ1n) is 8.11. The molecule has 140 valence electrons. The number of benzene rings is 3.